The van der Waals surface area contributed by atoms with Gasteiger partial charge >= 0.3 is 5.69 Å². The Bertz CT molecular complexity index is 1830. The molecule has 2 saturated heterocycles. The van der Waals surface area contributed by atoms with E-state index in [0.717, 1.165) is 13.0 Å². The van der Waals surface area contributed by atoms with E-state index in [0.29, 0.717) is 36.0 Å². The average molecular weight is 590 g/mol. The highest BCUT2D eigenvalue weighted by Gasteiger charge is 2.44. The van der Waals surface area contributed by atoms with E-state index in [1.54, 1.807) is 35.2 Å². The van der Waals surface area contributed by atoms with Gasteiger partial charge in [-0.3, -0.25) is 9.88 Å². The van der Waals surface area contributed by atoms with Crippen LogP contribution in [0.15, 0.2) is 53.5 Å². The monoisotopic (exact) mass is 589 g/mol. The van der Waals surface area contributed by atoms with E-state index in [1.165, 1.54) is 31.2 Å². The lowest BCUT2D eigenvalue weighted by atomic mass is 9.96. The molecule has 3 aliphatic rings. The minimum absolute atomic E-state index is 0.00504. The van der Waals surface area contributed by atoms with Crippen molar-refractivity contribution in [2.24, 2.45) is 0 Å². The fraction of sp³-hybridized carbons (Fsp3) is 0.364. The lowest BCUT2D eigenvalue weighted by Crippen LogP contribution is -2.34. The Morgan fingerprint density at radius 2 is 2.00 bits per heavy atom. The first-order chi connectivity index (χ1) is 20.7. The Labute approximate surface area is 246 Å². The maximum Gasteiger partial charge on any atom is 0.347 e. The Morgan fingerprint density at radius 1 is 1.16 bits per heavy atom. The Morgan fingerprint density at radius 3 is 2.79 bits per heavy atom. The van der Waals surface area contributed by atoms with Crippen LogP contribution in [-0.2, 0) is 0 Å². The molecule has 0 saturated carbocycles. The van der Waals surface area contributed by atoms with E-state index >= 15 is 4.39 Å². The van der Waals surface area contributed by atoms with Gasteiger partial charge in [0.15, 0.2) is 5.82 Å². The molecule has 2 fully saturated rings. The van der Waals surface area contributed by atoms with Crippen molar-refractivity contribution in [1.82, 2.24) is 19.9 Å². The van der Waals surface area contributed by atoms with Gasteiger partial charge in [0.25, 0.3) is 0 Å². The van der Waals surface area contributed by atoms with Gasteiger partial charge in [-0.25, -0.2) is 22.4 Å². The fourth-order valence-corrected chi connectivity index (χ4v) is 6.59. The SMILES string of the molecule is C#Cc1c(F)ccc2cccc(-c3ncc4c(N5CC=CC(F)CC5)nc(=O)[nH]c4c3F)c12.C[C@@]12CCCN1CC(F)C2. The van der Waals surface area contributed by atoms with Crippen LogP contribution in [0.3, 0.4) is 0 Å². The third kappa shape index (κ3) is 5.38. The molecule has 0 amide bonds. The highest BCUT2D eigenvalue weighted by atomic mass is 19.1. The number of fused-ring (bicyclic) bond motifs is 3. The molecule has 10 heteroatoms. The molecule has 0 aliphatic carbocycles. The van der Waals surface area contributed by atoms with Gasteiger partial charge in [0.05, 0.1) is 16.5 Å². The first kappa shape index (κ1) is 28.9. The summed E-state index contributed by atoms with van der Waals surface area (Å²) in [6.07, 6.45) is 11.9. The van der Waals surface area contributed by atoms with Crippen molar-refractivity contribution in [3.8, 4) is 23.6 Å². The number of anilines is 1. The minimum Gasteiger partial charge on any atom is -0.352 e. The first-order valence-electron chi connectivity index (χ1n) is 14.4. The molecule has 222 valence electrons. The number of allylic oxidation sites excluding steroid dienone is 1. The largest absolute Gasteiger partial charge is 0.352 e. The van der Waals surface area contributed by atoms with E-state index in [1.807, 2.05) is 0 Å². The van der Waals surface area contributed by atoms with Crippen LogP contribution < -0.4 is 10.6 Å². The molecular weight excluding hydrogens is 558 g/mol. The number of hydrogen-bond acceptors (Lipinski definition) is 5. The molecular formula is C33H31F4N5O. The zero-order valence-corrected chi connectivity index (χ0v) is 23.7. The van der Waals surface area contributed by atoms with Crippen molar-refractivity contribution < 1.29 is 17.6 Å². The molecule has 2 unspecified atom stereocenters. The van der Waals surface area contributed by atoms with Gasteiger partial charge in [0.1, 0.15) is 29.7 Å². The van der Waals surface area contributed by atoms with Crippen LogP contribution in [0, 0.1) is 24.0 Å². The summed E-state index contributed by atoms with van der Waals surface area (Å²) in [4.78, 5) is 27.1. The first-order valence-corrected chi connectivity index (χ1v) is 14.4. The van der Waals surface area contributed by atoms with Gasteiger partial charge < -0.3 is 9.88 Å². The topological polar surface area (TPSA) is 65.1 Å². The summed E-state index contributed by atoms with van der Waals surface area (Å²) in [5.41, 5.74) is -0.369. The lowest BCUT2D eigenvalue weighted by Gasteiger charge is -2.25. The second kappa shape index (κ2) is 11.5. The van der Waals surface area contributed by atoms with Crippen molar-refractivity contribution in [2.75, 3.05) is 31.1 Å². The number of halogens is 4. The van der Waals surface area contributed by atoms with Crippen LogP contribution in [0.1, 0.15) is 38.2 Å². The van der Waals surface area contributed by atoms with Crippen molar-refractivity contribution in [3.63, 3.8) is 0 Å². The number of alkyl halides is 2. The number of benzene rings is 2. The predicted molar refractivity (Wildman–Crippen MR) is 161 cm³/mol. The van der Waals surface area contributed by atoms with Gasteiger partial charge in [-0.2, -0.15) is 4.98 Å². The summed E-state index contributed by atoms with van der Waals surface area (Å²) >= 11 is 0. The number of rotatable bonds is 2. The zero-order valence-electron chi connectivity index (χ0n) is 23.7. The molecule has 2 aromatic heterocycles. The maximum absolute atomic E-state index is 15.8. The number of pyridine rings is 1. The van der Waals surface area contributed by atoms with Crippen molar-refractivity contribution in [2.45, 2.75) is 50.5 Å². The quantitative estimate of drug-likeness (QED) is 0.174. The third-order valence-electron chi connectivity index (χ3n) is 8.73. The third-order valence-corrected chi connectivity index (χ3v) is 8.73. The fourth-order valence-electron chi connectivity index (χ4n) is 6.59. The molecule has 43 heavy (non-hydrogen) atoms. The van der Waals surface area contributed by atoms with E-state index in [2.05, 4.69) is 32.7 Å². The summed E-state index contributed by atoms with van der Waals surface area (Å²) in [5, 5.41) is 1.27. The molecule has 7 rings (SSSR count). The highest BCUT2D eigenvalue weighted by Crippen LogP contribution is 2.39. The predicted octanol–water partition coefficient (Wildman–Crippen LogP) is 6.08. The van der Waals surface area contributed by atoms with Crippen LogP contribution in [0.4, 0.5) is 23.4 Å². The molecule has 2 aromatic carbocycles. The van der Waals surface area contributed by atoms with E-state index in [4.69, 9.17) is 6.42 Å². The minimum atomic E-state index is -1.10. The lowest BCUT2D eigenvalue weighted by molar-refractivity contribution is 0.217. The number of aromatic amines is 1. The molecule has 6 nitrogen and oxygen atoms in total. The van der Waals surface area contributed by atoms with E-state index in [9.17, 15) is 18.0 Å². The van der Waals surface area contributed by atoms with Crippen LogP contribution in [0.5, 0.6) is 0 Å². The van der Waals surface area contributed by atoms with Crippen molar-refractivity contribution in [3.05, 3.63) is 76.4 Å². The maximum atomic E-state index is 15.8. The number of terminal acetylenes is 1. The molecule has 0 spiro atoms. The van der Waals surface area contributed by atoms with Crippen LogP contribution in [0.25, 0.3) is 32.9 Å². The molecule has 5 heterocycles. The van der Waals surface area contributed by atoms with Crippen LogP contribution in [0.2, 0.25) is 0 Å². The normalized spacial score (nSPS) is 23.6. The van der Waals surface area contributed by atoms with E-state index < -0.39 is 29.7 Å². The number of nitrogens with zero attached hydrogens (tertiary/aromatic N) is 4. The molecule has 4 aromatic rings. The number of hydrogen-bond donors (Lipinski definition) is 1. The second-order valence-electron chi connectivity index (χ2n) is 11.6. The standard InChI is InChI=1S/C25H17F3N4O.C8H14FN/c1-2-16-19(27)9-8-14-5-3-7-17(20(14)16)22-21(28)23-18(13-29-22)24(31-25(33)30-23)32-11-4-6-15(26)10-12-32;1-8-3-2-4-10(8)6-7(9)5-8/h1,3-9,13,15H,10-12H2,(H,30,31,33);7H,2-6H2,1H3/t;7?,8-/m.0/s1. The summed E-state index contributed by atoms with van der Waals surface area (Å²) in [7, 11) is 0. The van der Waals surface area contributed by atoms with Gasteiger partial charge in [-0.1, -0.05) is 42.3 Å². The van der Waals surface area contributed by atoms with Gasteiger partial charge in [0.2, 0.25) is 0 Å². The number of nitrogens with one attached hydrogen (secondary N) is 1. The van der Waals surface area contributed by atoms with Crippen LogP contribution >= 0.6 is 0 Å². The Hall–Kier alpha value is -4.23. The van der Waals surface area contributed by atoms with E-state index in [-0.39, 0.29) is 39.9 Å². The molecule has 3 atom stereocenters. The van der Waals surface area contributed by atoms with Gasteiger partial charge in [-0.05, 0) is 50.6 Å². The molecule has 0 radical (unpaired) electrons. The van der Waals surface area contributed by atoms with Crippen molar-refractivity contribution in [1.29, 1.82) is 0 Å². The van der Waals surface area contributed by atoms with Gasteiger partial charge in [0, 0.05) is 42.3 Å². The average Bonchev–Trinajstić information content (AvgIpc) is 3.37. The molecule has 0 bridgehead atoms. The zero-order chi connectivity index (χ0) is 30.3. The highest BCUT2D eigenvalue weighted by molar-refractivity contribution is 6.02. The number of aromatic nitrogens is 3. The number of H-pyrrole nitrogens is 1. The molecule has 3 aliphatic heterocycles. The summed E-state index contributed by atoms with van der Waals surface area (Å²) in [5.74, 6) is 1.17. The Kier molecular flexibility index (Phi) is 7.69. The Balaban J connectivity index is 0.000000277. The molecule has 1 N–H and O–H groups in total. The van der Waals surface area contributed by atoms with Gasteiger partial charge in [-0.15, -0.1) is 6.42 Å². The van der Waals surface area contributed by atoms with Crippen LogP contribution in [-0.4, -0.2) is 63.9 Å². The summed E-state index contributed by atoms with van der Waals surface area (Å²) in [6.45, 7) is 4.63. The smallest absolute Gasteiger partial charge is 0.347 e. The van der Waals surface area contributed by atoms with Crippen molar-refractivity contribution >= 4 is 27.5 Å². The second-order valence-corrected chi connectivity index (χ2v) is 11.6. The summed E-state index contributed by atoms with van der Waals surface area (Å²) < 4.78 is 56.8. The summed E-state index contributed by atoms with van der Waals surface area (Å²) in [6, 6.07) is 7.86.